The molecule has 0 bridgehead atoms. The zero-order valence-electron chi connectivity index (χ0n) is 14.8. The van der Waals surface area contributed by atoms with Gasteiger partial charge in [0, 0.05) is 6.20 Å². The van der Waals surface area contributed by atoms with E-state index in [4.69, 9.17) is 16.3 Å². The number of urea groups is 1. The Morgan fingerprint density at radius 2 is 2.19 bits per heavy atom. The zero-order chi connectivity index (χ0) is 19.8. The lowest BCUT2D eigenvalue weighted by molar-refractivity contribution is -0.155. The first-order chi connectivity index (χ1) is 12.7. The number of hydrogen-bond acceptors (Lipinski definition) is 6. The molecule has 10 heteroatoms. The van der Waals surface area contributed by atoms with Gasteiger partial charge in [-0.25, -0.2) is 9.78 Å². The Bertz CT molecular complexity index is 812. The predicted octanol–water partition coefficient (Wildman–Crippen LogP) is 1.33. The maximum absolute atomic E-state index is 12.5. The largest absolute Gasteiger partial charge is 0.451 e. The number of anilines is 1. The monoisotopic (exact) mass is 394 g/mol. The molecule has 2 heterocycles. The van der Waals surface area contributed by atoms with Crippen LogP contribution in [0.1, 0.15) is 26.7 Å². The summed E-state index contributed by atoms with van der Waals surface area (Å²) in [6.45, 7) is 2.47. The van der Waals surface area contributed by atoms with Gasteiger partial charge in [-0.2, -0.15) is 0 Å². The van der Waals surface area contributed by atoms with Crippen molar-refractivity contribution in [3.63, 3.8) is 0 Å². The highest BCUT2D eigenvalue weighted by atomic mass is 35.5. The fourth-order valence-electron chi connectivity index (χ4n) is 2.93. The molecule has 2 aliphatic rings. The first-order valence-corrected chi connectivity index (χ1v) is 8.85. The van der Waals surface area contributed by atoms with Crippen LogP contribution in [0.3, 0.4) is 0 Å². The Balaban J connectivity index is 1.55. The third-order valence-corrected chi connectivity index (χ3v) is 4.98. The van der Waals surface area contributed by atoms with E-state index in [1.807, 2.05) is 0 Å². The summed E-state index contributed by atoms with van der Waals surface area (Å²) in [7, 11) is 0. The summed E-state index contributed by atoms with van der Waals surface area (Å²) in [6.07, 6.45) is 2.03. The van der Waals surface area contributed by atoms with Crippen molar-refractivity contribution in [3.05, 3.63) is 23.5 Å². The molecule has 0 radical (unpaired) electrons. The number of carbonyl (C=O) groups excluding carboxylic acids is 4. The zero-order valence-corrected chi connectivity index (χ0v) is 15.6. The van der Waals surface area contributed by atoms with Crippen LogP contribution in [-0.2, 0) is 19.1 Å². The fourth-order valence-corrected chi connectivity index (χ4v) is 3.09. The van der Waals surface area contributed by atoms with E-state index in [2.05, 4.69) is 15.6 Å². The van der Waals surface area contributed by atoms with E-state index in [1.54, 1.807) is 19.1 Å². The van der Waals surface area contributed by atoms with E-state index in [9.17, 15) is 19.2 Å². The normalized spacial score (nSPS) is 23.0. The van der Waals surface area contributed by atoms with Gasteiger partial charge in [-0.3, -0.25) is 19.3 Å². The first-order valence-electron chi connectivity index (χ1n) is 8.47. The molecule has 0 unspecified atom stereocenters. The summed E-state index contributed by atoms with van der Waals surface area (Å²) >= 11 is 5.86. The number of halogens is 1. The molecule has 0 spiro atoms. The van der Waals surface area contributed by atoms with Crippen LogP contribution in [0, 0.1) is 5.92 Å². The first kappa shape index (κ1) is 19.1. The fraction of sp³-hybridized carbons (Fsp3) is 0.471. The van der Waals surface area contributed by atoms with Crippen LogP contribution in [0.5, 0.6) is 0 Å². The van der Waals surface area contributed by atoms with Crippen molar-refractivity contribution in [1.82, 2.24) is 15.2 Å². The lowest BCUT2D eigenvalue weighted by Gasteiger charge is -2.21. The van der Waals surface area contributed by atoms with Gasteiger partial charge >= 0.3 is 12.0 Å². The molecule has 1 aliphatic heterocycles. The molecule has 1 saturated carbocycles. The smallest absolute Gasteiger partial charge is 0.327 e. The van der Waals surface area contributed by atoms with Crippen molar-refractivity contribution in [3.8, 4) is 0 Å². The number of nitrogens with zero attached hydrogens (tertiary/aromatic N) is 2. The number of ether oxygens (including phenoxy) is 1. The van der Waals surface area contributed by atoms with Gasteiger partial charge < -0.3 is 15.4 Å². The molecule has 1 aliphatic carbocycles. The molecule has 3 rings (SSSR count). The summed E-state index contributed by atoms with van der Waals surface area (Å²) in [4.78, 5) is 53.4. The number of rotatable bonds is 6. The molecule has 4 amide bonds. The van der Waals surface area contributed by atoms with Gasteiger partial charge in [0.25, 0.3) is 11.8 Å². The van der Waals surface area contributed by atoms with Crippen molar-refractivity contribution in [2.75, 3.05) is 11.9 Å². The highest BCUT2D eigenvalue weighted by molar-refractivity contribution is 6.32. The van der Waals surface area contributed by atoms with Gasteiger partial charge in [0.05, 0.1) is 5.69 Å². The second kappa shape index (κ2) is 7.15. The summed E-state index contributed by atoms with van der Waals surface area (Å²) in [5.41, 5.74) is -0.696. The number of pyridine rings is 1. The SMILES string of the molecule is C[C@@H](OC(=O)CN1C(=O)N[C@@](C)(C2CC2)C1=O)C(=O)Nc1cccnc1Cl. The van der Waals surface area contributed by atoms with E-state index in [-0.39, 0.29) is 16.8 Å². The van der Waals surface area contributed by atoms with Gasteiger partial charge in [-0.05, 0) is 44.7 Å². The van der Waals surface area contributed by atoms with Crippen LogP contribution in [0.15, 0.2) is 18.3 Å². The van der Waals surface area contributed by atoms with E-state index in [0.717, 1.165) is 17.7 Å². The highest BCUT2D eigenvalue weighted by Gasteiger charge is 2.56. The average molecular weight is 395 g/mol. The Morgan fingerprint density at radius 3 is 2.81 bits per heavy atom. The van der Waals surface area contributed by atoms with Crippen LogP contribution in [-0.4, -0.2) is 51.9 Å². The molecule has 1 aromatic rings. The van der Waals surface area contributed by atoms with E-state index in [1.165, 1.54) is 13.1 Å². The van der Waals surface area contributed by atoms with Crippen LogP contribution < -0.4 is 10.6 Å². The highest BCUT2D eigenvalue weighted by Crippen LogP contribution is 2.42. The topological polar surface area (TPSA) is 118 Å². The van der Waals surface area contributed by atoms with Crippen LogP contribution in [0.4, 0.5) is 10.5 Å². The second-order valence-corrected chi connectivity index (χ2v) is 7.12. The van der Waals surface area contributed by atoms with Crippen LogP contribution >= 0.6 is 11.6 Å². The quantitative estimate of drug-likeness (QED) is 0.427. The molecule has 27 heavy (non-hydrogen) atoms. The number of amides is 4. The van der Waals surface area contributed by atoms with Crippen molar-refractivity contribution < 1.29 is 23.9 Å². The van der Waals surface area contributed by atoms with Gasteiger partial charge in [-0.1, -0.05) is 11.6 Å². The summed E-state index contributed by atoms with van der Waals surface area (Å²) in [6, 6.07) is 2.51. The maximum Gasteiger partial charge on any atom is 0.327 e. The Morgan fingerprint density at radius 1 is 1.48 bits per heavy atom. The third-order valence-electron chi connectivity index (χ3n) is 4.68. The molecule has 9 nitrogen and oxygen atoms in total. The molecule has 1 saturated heterocycles. The second-order valence-electron chi connectivity index (χ2n) is 6.76. The van der Waals surface area contributed by atoms with Crippen molar-refractivity contribution in [2.45, 2.75) is 38.3 Å². The molecule has 2 fully saturated rings. The number of hydrogen-bond donors (Lipinski definition) is 2. The summed E-state index contributed by atoms with van der Waals surface area (Å²) in [5.74, 6) is -1.84. The summed E-state index contributed by atoms with van der Waals surface area (Å²) < 4.78 is 5.04. The minimum atomic E-state index is -1.15. The molecule has 1 aromatic heterocycles. The van der Waals surface area contributed by atoms with Crippen LogP contribution in [0.25, 0.3) is 0 Å². The Hall–Kier alpha value is -2.68. The number of nitrogens with one attached hydrogen (secondary N) is 2. The Kier molecular flexibility index (Phi) is 5.05. The van der Waals surface area contributed by atoms with E-state index < -0.39 is 42.0 Å². The van der Waals surface area contributed by atoms with Gasteiger partial charge in [0.2, 0.25) is 0 Å². The number of aromatic nitrogens is 1. The van der Waals surface area contributed by atoms with Crippen molar-refractivity contribution >= 4 is 41.1 Å². The number of imide groups is 1. The van der Waals surface area contributed by atoms with E-state index in [0.29, 0.717) is 0 Å². The van der Waals surface area contributed by atoms with Crippen molar-refractivity contribution in [1.29, 1.82) is 0 Å². The number of carbonyl (C=O) groups is 4. The lowest BCUT2D eigenvalue weighted by Crippen LogP contribution is -2.46. The molecular formula is C17H19ClN4O5. The van der Waals surface area contributed by atoms with Gasteiger partial charge in [0.1, 0.15) is 12.1 Å². The van der Waals surface area contributed by atoms with Crippen molar-refractivity contribution in [2.24, 2.45) is 5.92 Å². The predicted molar refractivity (Wildman–Crippen MR) is 94.8 cm³/mol. The lowest BCUT2D eigenvalue weighted by atomic mass is 9.96. The molecule has 144 valence electrons. The molecule has 2 N–H and O–H groups in total. The van der Waals surface area contributed by atoms with Gasteiger partial charge in [-0.15, -0.1) is 0 Å². The van der Waals surface area contributed by atoms with Gasteiger partial charge in [0.15, 0.2) is 11.3 Å². The maximum atomic E-state index is 12.5. The molecular weight excluding hydrogens is 376 g/mol. The van der Waals surface area contributed by atoms with Crippen LogP contribution in [0.2, 0.25) is 5.15 Å². The third kappa shape index (κ3) is 3.87. The minimum absolute atomic E-state index is 0.0869. The molecule has 0 aromatic carbocycles. The average Bonchev–Trinajstić information content (AvgIpc) is 3.43. The standard InChI is InChI=1S/C17H19ClN4O5/c1-9(14(24)20-11-4-3-7-19-13(11)18)27-12(23)8-22-15(25)17(2,10-5-6-10)21-16(22)26/h3-4,7,9-10H,5-6,8H2,1-2H3,(H,20,24)(H,21,26)/t9-,17+/m1/s1. The van der Waals surface area contributed by atoms with E-state index >= 15 is 0 Å². The summed E-state index contributed by atoms with van der Waals surface area (Å²) in [5, 5.41) is 5.23. The Labute approximate surface area is 160 Å². The minimum Gasteiger partial charge on any atom is -0.451 e. The molecule has 2 atom stereocenters. The number of esters is 1.